The lowest BCUT2D eigenvalue weighted by Gasteiger charge is -2.12. The maximum atomic E-state index is 12.3. The Hall–Kier alpha value is -0.330. The van der Waals surface area contributed by atoms with Crippen LogP contribution in [0.15, 0.2) is 17.0 Å². The van der Waals surface area contributed by atoms with Crippen molar-refractivity contribution in [2.24, 2.45) is 5.41 Å². The molecule has 1 aromatic carbocycles. The Labute approximate surface area is 122 Å². The number of nitrogens with one attached hydrogen (secondary N) is 1. The lowest BCUT2D eigenvalue weighted by molar-refractivity contribution is 0.281. The van der Waals surface area contributed by atoms with E-state index in [1.54, 1.807) is 0 Å². The van der Waals surface area contributed by atoms with Gasteiger partial charge < -0.3 is 5.11 Å². The second kappa shape index (κ2) is 4.90. The minimum Gasteiger partial charge on any atom is -0.392 e. The van der Waals surface area contributed by atoms with Crippen molar-refractivity contribution < 1.29 is 13.5 Å². The predicted molar refractivity (Wildman–Crippen MR) is 74.9 cm³/mol. The molecular formula is C12H15Cl2NO3S. The monoisotopic (exact) mass is 323 g/mol. The molecule has 7 heteroatoms. The van der Waals surface area contributed by atoms with Gasteiger partial charge in [0.05, 0.1) is 11.6 Å². The highest BCUT2D eigenvalue weighted by Gasteiger charge is 2.48. The van der Waals surface area contributed by atoms with Gasteiger partial charge in [-0.1, -0.05) is 37.0 Å². The largest absolute Gasteiger partial charge is 0.392 e. The summed E-state index contributed by atoms with van der Waals surface area (Å²) in [7, 11) is -3.73. The van der Waals surface area contributed by atoms with Crippen LogP contribution in [-0.2, 0) is 16.6 Å². The molecule has 0 saturated heterocycles. The highest BCUT2D eigenvalue weighted by atomic mass is 35.5. The third kappa shape index (κ3) is 3.06. The summed E-state index contributed by atoms with van der Waals surface area (Å²) in [5.74, 6) is 0. The van der Waals surface area contributed by atoms with Crippen molar-refractivity contribution in [3.05, 3.63) is 27.7 Å². The Morgan fingerprint density at radius 3 is 2.47 bits per heavy atom. The lowest BCUT2D eigenvalue weighted by Crippen LogP contribution is -2.29. The molecule has 0 spiro atoms. The molecule has 2 N–H and O–H groups in total. The second-order valence-corrected chi connectivity index (χ2v) is 7.90. The van der Waals surface area contributed by atoms with Crippen LogP contribution in [0.4, 0.5) is 0 Å². The third-order valence-electron chi connectivity index (χ3n) is 3.35. The minimum atomic E-state index is -3.73. The summed E-state index contributed by atoms with van der Waals surface area (Å²) >= 11 is 11.9. The molecule has 1 atom stereocenters. The van der Waals surface area contributed by atoms with Crippen molar-refractivity contribution in [1.29, 1.82) is 0 Å². The van der Waals surface area contributed by atoms with Gasteiger partial charge in [0.1, 0.15) is 4.90 Å². The van der Waals surface area contributed by atoms with Crippen molar-refractivity contribution in [1.82, 2.24) is 4.72 Å². The van der Waals surface area contributed by atoms with E-state index in [4.69, 9.17) is 28.3 Å². The first-order valence-electron chi connectivity index (χ1n) is 5.78. The van der Waals surface area contributed by atoms with E-state index < -0.39 is 10.0 Å². The summed E-state index contributed by atoms with van der Waals surface area (Å²) in [6.45, 7) is 3.61. The Balaban J connectivity index is 2.38. The molecule has 0 heterocycles. The number of sulfonamides is 1. The van der Waals surface area contributed by atoms with Crippen molar-refractivity contribution in [3.63, 3.8) is 0 Å². The van der Waals surface area contributed by atoms with E-state index in [2.05, 4.69) is 4.72 Å². The number of hydrogen-bond donors (Lipinski definition) is 2. The van der Waals surface area contributed by atoms with Crippen molar-refractivity contribution >= 4 is 33.2 Å². The zero-order chi connectivity index (χ0) is 14.4. The van der Waals surface area contributed by atoms with Crippen LogP contribution in [0.1, 0.15) is 25.8 Å². The Kier molecular flexibility index (Phi) is 3.88. The predicted octanol–water partition coefficient (Wildman–Crippen LogP) is 2.56. The van der Waals surface area contributed by atoms with Gasteiger partial charge in [-0.2, -0.15) is 0 Å². The average molecular weight is 324 g/mol. The van der Waals surface area contributed by atoms with Crippen molar-refractivity contribution in [3.8, 4) is 0 Å². The third-order valence-corrected chi connectivity index (χ3v) is 5.62. The first kappa shape index (κ1) is 15.1. The maximum Gasteiger partial charge on any atom is 0.242 e. The fraction of sp³-hybridized carbons (Fsp3) is 0.500. The zero-order valence-corrected chi connectivity index (χ0v) is 12.9. The lowest BCUT2D eigenvalue weighted by atomic mass is 10.2. The number of halogens is 2. The summed E-state index contributed by atoms with van der Waals surface area (Å²) in [6.07, 6.45) is 0.789. The Bertz CT molecular complexity index is 614. The zero-order valence-electron chi connectivity index (χ0n) is 10.6. The Morgan fingerprint density at radius 2 is 2.00 bits per heavy atom. The van der Waals surface area contributed by atoms with Gasteiger partial charge in [0.15, 0.2) is 0 Å². The van der Waals surface area contributed by atoms with Crippen molar-refractivity contribution in [2.45, 2.75) is 37.8 Å². The summed E-state index contributed by atoms with van der Waals surface area (Å²) in [4.78, 5) is -0.0894. The number of hydrogen-bond acceptors (Lipinski definition) is 3. The highest BCUT2D eigenvalue weighted by Crippen LogP contribution is 2.45. The summed E-state index contributed by atoms with van der Waals surface area (Å²) < 4.78 is 27.2. The molecule has 1 fully saturated rings. The number of aliphatic hydroxyl groups is 1. The number of rotatable bonds is 4. The normalized spacial score (nSPS) is 21.4. The van der Waals surface area contributed by atoms with Gasteiger partial charge in [0.25, 0.3) is 0 Å². The molecule has 2 rings (SSSR count). The summed E-state index contributed by atoms with van der Waals surface area (Å²) in [5, 5.41) is 9.39. The maximum absolute atomic E-state index is 12.3. The summed E-state index contributed by atoms with van der Waals surface area (Å²) in [5.41, 5.74) is 0.266. The van der Waals surface area contributed by atoms with E-state index in [0.29, 0.717) is 5.56 Å². The second-order valence-electron chi connectivity index (χ2n) is 5.40. The topological polar surface area (TPSA) is 66.4 Å². The van der Waals surface area contributed by atoms with Gasteiger partial charge in [-0.15, -0.1) is 0 Å². The van der Waals surface area contributed by atoms with Gasteiger partial charge in [0.2, 0.25) is 10.0 Å². The van der Waals surface area contributed by atoms with Crippen LogP contribution in [-0.4, -0.2) is 19.6 Å². The fourth-order valence-electron chi connectivity index (χ4n) is 1.85. The molecule has 106 valence electrons. The Morgan fingerprint density at radius 1 is 1.42 bits per heavy atom. The summed E-state index contributed by atoms with van der Waals surface area (Å²) in [6, 6.07) is 2.65. The van der Waals surface area contributed by atoms with Gasteiger partial charge in [-0.05, 0) is 29.5 Å². The molecule has 0 radical (unpaired) electrons. The van der Waals surface area contributed by atoms with E-state index in [9.17, 15) is 8.42 Å². The van der Waals surface area contributed by atoms with Crippen LogP contribution in [0.25, 0.3) is 0 Å². The first-order valence-corrected chi connectivity index (χ1v) is 8.02. The molecule has 1 aliphatic rings. The SMILES string of the molecule is CC1(C)CC1NS(=O)(=O)c1cc(Cl)cc(CO)c1Cl. The minimum absolute atomic E-state index is 0.0119. The quantitative estimate of drug-likeness (QED) is 0.894. The van der Waals surface area contributed by atoms with Crippen LogP contribution in [0.5, 0.6) is 0 Å². The van der Waals surface area contributed by atoms with Crippen molar-refractivity contribution in [2.75, 3.05) is 0 Å². The molecule has 0 amide bonds. The molecule has 1 unspecified atom stereocenters. The van der Waals surface area contributed by atoms with Crippen LogP contribution in [0, 0.1) is 5.41 Å². The van der Waals surface area contributed by atoms with Crippen LogP contribution < -0.4 is 4.72 Å². The molecule has 1 aromatic rings. The van der Waals surface area contributed by atoms with Gasteiger partial charge in [-0.3, -0.25) is 0 Å². The van der Waals surface area contributed by atoms with E-state index in [-0.39, 0.29) is 33.0 Å². The van der Waals surface area contributed by atoms with Gasteiger partial charge in [0, 0.05) is 11.1 Å². The number of aliphatic hydroxyl groups excluding tert-OH is 1. The van der Waals surface area contributed by atoms with Crippen LogP contribution in [0.2, 0.25) is 10.0 Å². The van der Waals surface area contributed by atoms with E-state index in [1.807, 2.05) is 13.8 Å². The molecule has 0 bridgehead atoms. The molecule has 0 aliphatic heterocycles. The van der Waals surface area contributed by atoms with Crippen LogP contribution in [0.3, 0.4) is 0 Å². The average Bonchev–Trinajstić information content (AvgIpc) is 2.87. The fourth-order valence-corrected chi connectivity index (χ4v) is 4.18. The number of benzene rings is 1. The van der Waals surface area contributed by atoms with Gasteiger partial charge >= 0.3 is 0 Å². The van der Waals surface area contributed by atoms with E-state index in [0.717, 1.165) is 6.42 Å². The first-order chi connectivity index (χ1) is 8.67. The van der Waals surface area contributed by atoms with Gasteiger partial charge in [-0.25, -0.2) is 13.1 Å². The molecule has 0 aromatic heterocycles. The smallest absolute Gasteiger partial charge is 0.242 e. The molecule has 1 saturated carbocycles. The van der Waals surface area contributed by atoms with Crippen LogP contribution >= 0.6 is 23.2 Å². The molecule has 4 nitrogen and oxygen atoms in total. The molecule has 19 heavy (non-hydrogen) atoms. The highest BCUT2D eigenvalue weighted by molar-refractivity contribution is 7.89. The van der Waals surface area contributed by atoms with E-state index in [1.165, 1.54) is 12.1 Å². The molecule has 1 aliphatic carbocycles. The molecular weight excluding hydrogens is 309 g/mol. The van der Waals surface area contributed by atoms with E-state index >= 15 is 0 Å². The standard InChI is InChI=1S/C12H15Cl2NO3S/c1-12(2)5-10(12)15-19(17,18)9-4-8(13)3-7(6-16)11(9)14/h3-4,10,15-16H,5-6H2,1-2H3.